The molecule has 0 aromatic carbocycles. The summed E-state index contributed by atoms with van der Waals surface area (Å²) in [6.07, 6.45) is 8.86. The zero-order chi connectivity index (χ0) is 24.7. The fraction of sp³-hybridized carbons (Fsp3) is 0.967. The lowest BCUT2D eigenvalue weighted by molar-refractivity contribution is -0.177. The van der Waals surface area contributed by atoms with Crippen molar-refractivity contribution in [2.24, 2.45) is 51.2 Å². The zero-order valence-corrected chi connectivity index (χ0v) is 22.6. The Labute approximate surface area is 206 Å². The maximum atomic E-state index is 12.9. The number of ether oxygens (including phenoxy) is 1. The summed E-state index contributed by atoms with van der Waals surface area (Å²) in [6, 6.07) is 0. The standard InChI is InChI=1S/C30H48O4/c1-17-29-15-14-27(6)19(16-20(31)24(27)28(7)12-11-23(34-28)26(4,5)33)18(29)8-9-21-25(2,3)22(32)10-13-30(17,21)29/h17-21,23-24,31,33H,8-16H2,1-7H3/t17-,18?,19?,20?,21?,23?,24?,27?,28-,29?,30?/m0/s1. The summed E-state index contributed by atoms with van der Waals surface area (Å²) in [4.78, 5) is 12.9. The monoisotopic (exact) mass is 472 g/mol. The lowest BCUT2D eigenvalue weighted by Crippen LogP contribution is -2.55. The highest BCUT2D eigenvalue weighted by molar-refractivity contribution is 5.86. The molecule has 0 aromatic heterocycles. The van der Waals surface area contributed by atoms with Gasteiger partial charge in [0.2, 0.25) is 0 Å². The summed E-state index contributed by atoms with van der Waals surface area (Å²) < 4.78 is 6.65. The molecule has 0 amide bonds. The smallest absolute Gasteiger partial charge is 0.138 e. The van der Waals surface area contributed by atoms with Gasteiger partial charge in [0.25, 0.3) is 0 Å². The second-order valence-corrected chi connectivity index (χ2v) is 15.2. The first-order valence-electron chi connectivity index (χ1n) is 14.3. The number of aliphatic hydroxyl groups is 2. The van der Waals surface area contributed by atoms with E-state index in [4.69, 9.17) is 4.74 Å². The highest BCUT2D eigenvalue weighted by Gasteiger charge is 2.85. The van der Waals surface area contributed by atoms with Gasteiger partial charge >= 0.3 is 0 Å². The van der Waals surface area contributed by atoms with Gasteiger partial charge in [-0.2, -0.15) is 0 Å². The summed E-state index contributed by atoms with van der Waals surface area (Å²) in [6.45, 7) is 15.4. The van der Waals surface area contributed by atoms with E-state index in [0.717, 1.165) is 38.5 Å². The Balaban J connectivity index is 1.33. The lowest BCUT2D eigenvalue weighted by atomic mass is 9.46. The first-order chi connectivity index (χ1) is 15.7. The van der Waals surface area contributed by atoms with E-state index in [2.05, 4.69) is 34.6 Å². The Hall–Kier alpha value is -0.450. The molecule has 0 bridgehead atoms. The van der Waals surface area contributed by atoms with Gasteiger partial charge in [-0.15, -0.1) is 0 Å². The molecule has 4 heteroatoms. The Morgan fingerprint density at radius 3 is 2.29 bits per heavy atom. The lowest BCUT2D eigenvalue weighted by Gasteiger charge is -2.58. The van der Waals surface area contributed by atoms with Crippen LogP contribution in [0, 0.1) is 51.2 Å². The molecule has 0 radical (unpaired) electrons. The van der Waals surface area contributed by atoms with Crippen molar-refractivity contribution < 1.29 is 19.7 Å². The zero-order valence-electron chi connectivity index (χ0n) is 22.6. The average molecular weight is 473 g/mol. The summed E-state index contributed by atoms with van der Waals surface area (Å²) >= 11 is 0. The highest BCUT2D eigenvalue weighted by Crippen LogP contribution is 2.89. The number of hydrogen-bond acceptors (Lipinski definition) is 4. The second-order valence-electron chi connectivity index (χ2n) is 15.2. The van der Waals surface area contributed by atoms with Crippen molar-refractivity contribution in [1.82, 2.24) is 0 Å². The van der Waals surface area contributed by atoms with Crippen LogP contribution < -0.4 is 0 Å². The van der Waals surface area contributed by atoms with Crippen molar-refractivity contribution in [2.45, 2.75) is 130 Å². The summed E-state index contributed by atoms with van der Waals surface area (Å²) in [7, 11) is 0. The van der Waals surface area contributed by atoms with E-state index in [9.17, 15) is 15.0 Å². The molecular formula is C30H48O4. The van der Waals surface area contributed by atoms with Gasteiger partial charge in [0.1, 0.15) is 5.78 Å². The average Bonchev–Trinajstić information content (AvgIpc) is 2.99. The number of carbonyl (C=O) groups excluding carboxylic acids is 1. The maximum Gasteiger partial charge on any atom is 0.138 e. The van der Waals surface area contributed by atoms with Crippen LogP contribution in [0.3, 0.4) is 0 Å². The normalized spacial score (nSPS) is 58.0. The molecule has 5 saturated carbocycles. The van der Waals surface area contributed by atoms with Crippen molar-refractivity contribution in [1.29, 1.82) is 0 Å². The fourth-order valence-corrected chi connectivity index (χ4v) is 12.2. The van der Waals surface area contributed by atoms with Crippen LogP contribution in [0.2, 0.25) is 0 Å². The van der Waals surface area contributed by atoms with Crippen molar-refractivity contribution in [3.63, 3.8) is 0 Å². The van der Waals surface area contributed by atoms with E-state index in [1.165, 1.54) is 19.3 Å². The SMILES string of the molecule is C[C@H]1C23CCC4(C)C(CC(O)C4[C@]4(C)CCC(C(C)(C)O)O4)C2CCC2C(C)(C)C(=O)CCC213. The Bertz CT molecular complexity index is 904. The molecular weight excluding hydrogens is 424 g/mol. The number of aliphatic hydroxyl groups excluding tert-OH is 1. The minimum atomic E-state index is -0.850. The molecule has 4 nitrogen and oxygen atoms in total. The molecule has 2 N–H and O–H groups in total. The summed E-state index contributed by atoms with van der Waals surface area (Å²) in [5.74, 6) is 3.04. The van der Waals surface area contributed by atoms with Gasteiger partial charge in [-0.1, -0.05) is 27.7 Å². The van der Waals surface area contributed by atoms with Crippen LogP contribution in [0.5, 0.6) is 0 Å². The molecule has 34 heavy (non-hydrogen) atoms. The molecule has 11 atom stereocenters. The van der Waals surface area contributed by atoms with Crippen LogP contribution in [0.15, 0.2) is 0 Å². The van der Waals surface area contributed by atoms with E-state index in [1.54, 1.807) is 0 Å². The van der Waals surface area contributed by atoms with Crippen LogP contribution in [0.25, 0.3) is 0 Å². The Morgan fingerprint density at radius 1 is 0.941 bits per heavy atom. The third-order valence-corrected chi connectivity index (χ3v) is 13.5. The molecule has 1 aliphatic heterocycles. The van der Waals surface area contributed by atoms with Crippen molar-refractivity contribution in [3.05, 3.63) is 0 Å². The highest BCUT2D eigenvalue weighted by atomic mass is 16.5. The Kier molecular flexibility index (Phi) is 4.71. The van der Waals surface area contributed by atoms with E-state index in [-0.39, 0.29) is 34.6 Å². The number of fused-ring (bicyclic) bond motifs is 2. The van der Waals surface area contributed by atoms with E-state index in [1.807, 2.05) is 13.8 Å². The quantitative estimate of drug-likeness (QED) is 0.554. The van der Waals surface area contributed by atoms with Crippen molar-refractivity contribution in [3.8, 4) is 0 Å². The molecule has 6 rings (SSSR count). The van der Waals surface area contributed by atoms with Crippen molar-refractivity contribution in [2.75, 3.05) is 0 Å². The van der Waals surface area contributed by atoms with Crippen LogP contribution in [-0.4, -0.2) is 39.4 Å². The predicted octanol–water partition coefficient (Wildman–Crippen LogP) is 5.53. The maximum absolute atomic E-state index is 12.9. The van der Waals surface area contributed by atoms with Crippen LogP contribution in [-0.2, 0) is 9.53 Å². The first-order valence-corrected chi connectivity index (χ1v) is 14.3. The molecule has 192 valence electrons. The van der Waals surface area contributed by atoms with E-state index in [0.29, 0.717) is 40.3 Å². The molecule has 6 aliphatic rings. The summed E-state index contributed by atoms with van der Waals surface area (Å²) in [5, 5.41) is 22.3. The van der Waals surface area contributed by atoms with Gasteiger partial charge in [-0.3, -0.25) is 4.79 Å². The van der Waals surface area contributed by atoms with Crippen LogP contribution >= 0.6 is 0 Å². The van der Waals surface area contributed by atoms with E-state index < -0.39 is 5.60 Å². The van der Waals surface area contributed by atoms with Gasteiger partial charge in [0, 0.05) is 17.8 Å². The summed E-state index contributed by atoms with van der Waals surface area (Å²) in [5.41, 5.74) is -0.609. The molecule has 6 fully saturated rings. The molecule has 9 unspecified atom stereocenters. The molecule has 0 aromatic rings. The van der Waals surface area contributed by atoms with Gasteiger partial charge in [0.15, 0.2) is 0 Å². The Morgan fingerprint density at radius 2 is 1.65 bits per heavy atom. The number of ketones is 1. The fourth-order valence-electron chi connectivity index (χ4n) is 12.2. The van der Waals surface area contributed by atoms with Crippen LogP contribution in [0.4, 0.5) is 0 Å². The van der Waals surface area contributed by atoms with E-state index >= 15 is 0 Å². The van der Waals surface area contributed by atoms with Gasteiger partial charge in [-0.05, 0) is 112 Å². The molecule has 5 aliphatic carbocycles. The minimum absolute atomic E-state index is 0.0783. The topological polar surface area (TPSA) is 66.8 Å². The third kappa shape index (κ3) is 2.55. The number of Topliss-reactive ketones (excluding diaryl/α,β-unsaturated/α-hetero) is 1. The van der Waals surface area contributed by atoms with Gasteiger partial charge in [0.05, 0.1) is 23.4 Å². The minimum Gasteiger partial charge on any atom is -0.393 e. The van der Waals surface area contributed by atoms with Crippen LogP contribution in [0.1, 0.15) is 106 Å². The number of carbonyl (C=O) groups is 1. The molecule has 1 saturated heterocycles. The van der Waals surface area contributed by atoms with Crippen molar-refractivity contribution >= 4 is 5.78 Å². The van der Waals surface area contributed by atoms with Gasteiger partial charge < -0.3 is 14.9 Å². The second kappa shape index (κ2) is 6.70. The number of rotatable bonds is 2. The molecule has 1 heterocycles. The third-order valence-electron chi connectivity index (χ3n) is 13.5. The first kappa shape index (κ1) is 23.9. The number of hydrogen-bond donors (Lipinski definition) is 2. The molecule has 2 spiro atoms. The largest absolute Gasteiger partial charge is 0.393 e. The predicted molar refractivity (Wildman–Crippen MR) is 132 cm³/mol. The van der Waals surface area contributed by atoms with Gasteiger partial charge in [-0.25, -0.2) is 0 Å².